The minimum atomic E-state index is -0.832. The van der Waals surface area contributed by atoms with Gasteiger partial charge in [0.15, 0.2) is 0 Å². The van der Waals surface area contributed by atoms with Gasteiger partial charge in [0.05, 0.1) is 17.6 Å². The summed E-state index contributed by atoms with van der Waals surface area (Å²) in [5.74, 6) is -1.79. The molecule has 0 saturated carbocycles. The Morgan fingerprint density at radius 3 is 2.73 bits per heavy atom. The number of aromatic nitrogens is 1. The zero-order valence-corrected chi connectivity index (χ0v) is 11.9. The van der Waals surface area contributed by atoms with Crippen molar-refractivity contribution in [1.29, 1.82) is 0 Å². The van der Waals surface area contributed by atoms with E-state index in [-0.39, 0.29) is 27.9 Å². The average Bonchev–Trinajstić information content (AvgIpc) is 2.46. The van der Waals surface area contributed by atoms with Gasteiger partial charge in [0.2, 0.25) is 5.82 Å². The predicted octanol–water partition coefficient (Wildman–Crippen LogP) is 3.31. The Kier molecular flexibility index (Phi) is 4.52. The summed E-state index contributed by atoms with van der Waals surface area (Å²) in [5.41, 5.74) is -0.397. The molecule has 1 heterocycles. The van der Waals surface area contributed by atoms with Crippen molar-refractivity contribution in [2.45, 2.75) is 0 Å². The normalized spacial score (nSPS) is 10.1. The van der Waals surface area contributed by atoms with Crippen LogP contribution in [0, 0.1) is 15.9 Å². The van der Waals surface area contributed by atoms with Crippen molar-refractivity contribution >= 4 is 34.8 Å². The number of rotatable bonds is 4. The van der Waals surface area contributed by atoms with E-state index in [0.717, 1.165) is 13.2 Å². The van der Waals surface area contributed by atoms with Gasteiger partial charge in [0.25, 0.3) is 0 Å². The lowest BCUT2D eigenvalue weighted by Gasteiger charge is -2.08. The Morgan fingerprint density at radius 1 is 1.41 bits per heavy atom. The summed E-state index contributed by atoms with van der Waals surface area (Å²) in [5, 5.41) is 13.6. The van der Waals surface area contributed by atoms with Crippen molar-refractivity contribution in [2.24, 2.45) is 0 Å². The number of anilines is 2. The summed E-state index contributed by atoms with van der Waals surface area (Å²) < 4.78 is 18.2. The fourth-order valence-corrected chi connectivity index (χ4v) is 1.82. The Labute approximate surface area is 128 Å². The van der Waals surface area contributed by atoms with E-state index in [9.17, 15) is 19.3 Å². The number of benzene rings is 1. The average molecular weight is 326 g/mol. The van der Waals surface area contributed by atoms with E-state index in [2.05, 4.69) is 15.0 Å². The van der Waals surface area contributed by atoms with Gasteiger partial charge in [0, 0.05) is 11.8 Å². The van der Waals surface area contributed by atoms with Crippen molar-refractivity contribution in [1.82, 2.24) is 4.98 Å². The summed E-state index contributed by atoms with van der Waals surface area (Å²) >= 11 is 5.70. The second-order valence-electron chi connectivity index (χ2n) is 4.07. The standard InChI is InChI=1S/C13H9ClFN3O4/c1-22-13(19)8-3-2-7(6-9(8)15)16-12-10(18(20)21)4-5-11(14)17-12/h2-6H,1H3,(H,16,17). The topological polar surface area (TPSA) is 94.4 Å². The zero-order chi connectivity index (χ0) is 16.3. The quantitative estimate of drug-likeness (QED) is 0.401. The van der Waals surface area contributed by atoms with Crippen molar-refractivity contribution in [3.8, 4) is 0 Å². The first-order chi connectivity index (χ1) is 10.4. The van der Waals surface area contributed by atoms with E-state index >= 15 is 0 Å². The first-order valence-corrected chi connectivity index (χ1v) is 6.26. The molecule has 7 nitrogen and oxygen atoms in total. The number of halogens is 2. The van der Waals surface area contributed by atoms with Crippen LogP contribution in [-0.4, -0.2) is 23.0 Å². The number of nitrogens with zero attached hydrogens (tertiary/aromatic N) is 2. The minimum Gasteiger partial charge on any atom is -0.465 e. The number of carbonyl (C=O) groups excluding carboxylic acids is 1. The van der Waals surface area contributed by atoms with Gasteiger partial charge < -0.3 is 10.1 Å². The fraction of sp³-hybridized carbons (Fsp3) is 0.0769. The molecule has 114 valence electrons. The van der Waals surface area contributed by atoms with Gasteiger partial charge >= 0.3 is 11.7 Å². The molecule has 0 fully saturated rings. The van der Waals surface area contributed by atoms with Gasteiger partial charge in [-0.3, -0.25) is 10.1 Å². The van der Waals surface area contributed by atoms with Crippen molar-refractivity contribution < 1.29 is 18.8 Å². The molecule has 9 heteroatoms. The van der Waals surface area contributed by atoms with Gasteiger partial charge in [-0.2, -0.15) is 0 Å². The number of carbonyl (C=O) groups is 1. The molecular formula is C13H9ClFN3O4. The number of methoxy groups -OCH3 is 1. The highest BCUT2D eigenvalue weighted by atomic mass is 35.5. The molecule has 0 aliphatic heterocycles. The molecule has 0 atom stereocenters. The maximum atomic E-state index is 13.8. The lowest BCUT2D eigenvalue weighted by atomic mass is 10.2. The highest BCUT2D eigenvalue weighted by Gasteiger charge is 2.17. The summed E-state index contributed by atoms with van der Waals surface area (Å²) in [7, 11) is 1.13. The molecule has 1 N–H and O–H groups in total. The molecule has 1 aromatic carbocycles. The molecule has 0 radical (unpaired) electrons. The number of esters is 1. The fourth-order valence-electron chi connectivity index (χ4n) is 1.67. The molecule has 0 unspecified atom stereocenters. The van der Waals surface area contributed by atoms with Crippen molar-refractivity contribution in [3.05, 3.63) is 57.0 Å². The monoisotopic (exact) mass is 325 g/mol. The molecule has 2 rings (SSSR count). The van der Waals surface area contributed by atoms with E-state index < -0.39 is 16.7 Å². The summed E-state index contributed by atoms with van der Waals surface area (Å²) in [4.78, 5) is 25.4. The highest BCUT2D eigenvalue weighted by molar-refractivity contribution is 6.29. The van der Waals surface area contributed by atoms with E-state index in [1.807, 2.05) is 0 Å². The van der Waals surface area contributed by atoms with E-state index in [4.69, 9.17) is 11.6 Å². The van der Waals surface area contributed by atoms with Crippen molar-refractivity contribution in [2.75, 3.05) is 12.4 Å². The number of hydrogen-bond acceptors (Lipinski definition) is 6. The summed E-state index contributed by atoms with van der Waals surface area (Å²) in [6, 6.07) is 6.00. The van der Waals surface area contributed by atoms with E-state index in [1.165, 1.54) is 24.3 Å². The van der Waals surface area contributed by atoms with Crippen LogP contribution >= 0.6 is 11.6 Å². The lowest BCUT2D eigenvalue weighted by molar-refractivity contribution is -0.384. The van der Waals surface area contributed by atoms with Gasteiger partial charge in [0.1, 0.15) is 11.0 Å². The van der Waals surface area contributed by atoms with Gasteiger partial charge in [-0.15, -0.1) is 0 Å². The number of nitrogens with one attached hydrogen (secondary N) is 1. The van der Waals surface area contributed by atoms with Crippen LogP contribution in [0.2, 0.25) is 5.15 Å². The number of nitro groups is 1. The SMILES string of the molecule is COC(=O)c1ccc(Nc2nc(Cl)ccc2[N+](=O)[O-])cc1F. The maximum absolute atomic E-state index is 13.8. The third kappa shape index (κ3) is 3.29. The highest BCUT2D eigenvalue weighted by Crippen LogP contribution is 2.27. The number of hydrogen-bond donors (Lipinski definition) is 1. The Morgan fingerprint density at radius 2 is 2.14 bits per heavy atom. The number of pyridine rings is 1. The first kappa shape index (κ1) is 15.6. The van der Waals surface area contributed by atoms with Crippen LogP contribution < -0.4 is 5.32 Å². The molecule has 22 heavy (non-hydrogen) atoms. The summed E-state index contributed by atoms with van der Waals surface area (Å²) in [6.45, 7) is 0. The molecule has 0 aliphatic rings. The molecule has 0 spiro atoms. The zero-order valence-electron chi connectivity index (χ0n) is 11.2. The molecule has 0 bridgehead atoms. The second kappa shape index (κ2) is 6.35. The van der Waals surface area contributed by atoms with Gasteiger partial charge in [-0.25, -0.2) is 14.2 Å². The predicted molar refractivity (Wildman–Crippen MR) is 76.9 cm³/mol. The summed E-state index contributed by atoms with van der Waals surface area (Å²) in [6.07, 6.45) is 0. The Bertz CT molecular complexity index is 754. The third-order valence-electron chi connectivity index (χ3n) is 2.67. The largest absolute Gasteiger partial charge is 0.465 e. The van der Waals surface area contributed by atoms with Crippen LogP contribution in [0.5, 0.6) is 0 Å². The molecule has 2 aromatic rings. The van der Waals surface area contributed by atoms with Crippen LogP contribution in [-0.2, 0) is 4.74 Å². The van der Waals surface area contributed by atoms with Gasteiger partial charge in [-0.1, -0.05) is 11.6 Å². The van der Waals surface area contributed by atoms with Crippen LogP contribution in [0.15, 0.2) is 30.3 Å². The molecular weight excluding hydrogens is 317 g/mol. The first-order valence-electron chi connectivity index (χ1n) is 5.88. The molecule has 0 amide bonds. The Hall–Kier alpha value is -2.74. The van der Waals surface area contributed by atoms with E-state index in [0.29, 0.717) is 0 Å². The van der Waals surface area contributed by atoms with Gasteiger partial charge in [-0.05, 0) is 24.3 Å². The maximum Gasteiger partial charge on any atom is 0.340 e. The van der Waals surface area contributed by atoms with Crippen LogP contribution in [0.25, 0.3) is 0 Å². The van der Waals surface area contributed by atoms with Crippen molar-refractivity contribution in [3.63, 3.8) is 0 Å². The molecule has 0 aliphatic carbocycles. The molecule has 1 aromatic heterocycles. The third-order valence-corrected chi connectivity index (χ3v) is 2.88. The van der Waals surface area contributed by atoms with Crippen LogP contribution in [0.3, 0.4) is 0 Å². The Balaban J connectivity index is 2.36. The van der Waals surface area contributed by atoms with E-state index in [1.54, 1.807) is 0 Å². The number of ether oxygens (including phenoxy) is 1. The lowest BCUT2D eigenvalue weighted by Crippen LogP contribution is -2.05. The second-order valence-corrected chi connectivity index (χ2v) is 4.46. The smallest absolute Gasteiger partial charge is 0.340 e. The van der Waals surface area contributed by atoms with Crippen LogP contribution in [0.4, 0.5) is 21.6 Å². The minimum absolute atomic E-state index is 0.0414. The van der Waals surface area contributed by atoms with Crippen LogP contribution in [0.1, 0.15) is 10.4 Å². The molecule has 0 saturated heterocycles.